The fourth-order valence-electron chi connectivity index (χ4n) is 2.57. The minimum atomic E-state index is 0.451. The molecule has 2 N–H and O–H groups in total. The second-order valence-electron chi connectivity index (χ2n) is 5.64. The minimum Gasteiger partial charge on any atom is -0.432 e. The van der Waals surface area contributed by atoms with Crippen LogP contribution in [0.1, 0.15) is 51.6 Å². The molecule has 0 spiro atoms. The lowest BCUT2D eigenvalue weighted by molar-refractivity contribution is 0.466. The molecular weight excluding hydrogens is 226 g/mol. The van der Waals surface area contributed by atoms with Crippen LogP contribution >= 0.6 is 0 Å². The summed E-state index contributed by atoms with van der Waals surface area (Å²) in [5.41, 5.74) is 6.44. The third-order valence-electron chi connectivity index (χ3n) is 3.71. The Morgan fingerprint density at radius 1 is 1.44 bits per heavy atom. The van der Waals surface area contributed by atoms with Gasteiger partial charge in [0.25, 0.3) is 6.01 Å². The van der Waals surface area contributed by atoms with E-state index < -0.39 is 0 Å². The highest BCUT2D eigenvalue weighted by Gasteiger charge is 2.25. The van der Waals surface area contributed by atoms with E-state index in [0.717, 1.165) is 18.3 Å². The van der Waals surface area contributed by atoms with Gasteiger partial charge in [0.1, 0.15) is 6.26 Å². The molecule has 0 atom stereocenters. The van der Waals surface area contributed by atoms with Crippen LogP contribution in [0.3, 0.4) is 0 Å². The van der Waals surface area contributed by atoms with Gasteiger partial charge in [0, 0.05) is 19.1 Å². The first-order valence-electron chi connectivity index (χ1n) is 7.11. The fraction of sp³-hybridized carbons (Fsp3) is 0.786. The Balaban J connectivity index is 2.07. The SMILES string of the molecule is CC(C)CCN(c1nc(CN)co1)C1CCCC1. The van der Waals surface area contributed by atoms with Gasteiger partial charge in [0.15, 0.2) is 0 Å². The summed E-state index contributed by atoms with van der Waals surface area (Å²) in [6, 6.07) is 1.37. The van der Waals surface area contributed by atoms with Gasteiger partial charge >= 0.3 is 0 Å². The number of hydrogen-bond donors (Lipinski definition) is 1. The van der Waals surface area contributed by atoms with Crippen molar-refractivity contribution in [2.75, 3.05) is 11.4 Å². The normalized spacial score (nSPS) is 16.7. The molecule has 0 aromatic carbocycles. The first-order valence-corrected chi connectivity index (χ1v) is 7.11. The van der Waals surface area contributed by atoms with Crippen molar-refractivity contribution in [1.82, 2.24) is 4.98 Å². The summed E-state index contributed by atoms with van der Waals surface area (Å²) < 4.78 is 5.60. The predicted octanol–water partition coefficient (Wildman–Crippen LogP) is 2.93. The molecule has 0 radical (unpaired) electrons. The van der Waals surface area contributed by atoms with Gasteiger partial charge in [-0.05, 0) is 25.2 Å². The largest absolute Gasteiger partial charge is 0.432 e. The van der Waals surface area contributed by atoms with Crippen LogP contribution in [-0.4, -0.2) is 17.6 Å². The maximum Gasteiger partial charge on any atom is 0.297 e. The van der Waals surface area contributed by atoms with Crippen molar-refractivity contribution in [3.63, 3.8) is 0 Å². The average molecular weight is 251 g/mol. The Morgan fingerprint density at radius 3 is 2.72 bits per heavy atom. The lowest BCUT2D eigenvalue weighted by Crippen LogP contribution is -2.35. The summed E-state index contributed by atoms with van der Waals surface area (Å²) in [6.07, 6.45) is 8.04. The molecule has 0 aliphatic heterocycles. The lowest BCUT2D eigenvalue weighted by atomic mass is 10.1. The van der Waals surface area contributed by atoms with E-state index in [0.29, 0.717) is 18.5 Å². The Labute approximate surface area is 110 Å². The summed E-state index contributed by atoms with van der Waals surface area (Å²) in [4.78, 5) is 6.84. The van der Waals surface area contributed by atoms with Crippen molar-refractivity contribution in [2.24, 2.45) is 11.7 Å². The topological polar surface area (TPSA) is 55.3 Å². The van der Waals surface area contributed by atoms with E-state index in [4.69, 9.17) is 10.2 Å². The van der Waals surface area contributed by atoms with E-state index in [1.807, 2.05) is 0 Å². The first kappa shape index (κ1) is 13.4. The van der Waals surface area contributed by atoms with Crippen LogP contribution in [0.25, 0.3) is 0 Å². The van der Waals surface area contributed by atoms with Crippen LogP contribution in [0, 0.1) is 5.92 Å². The van der Waals surface area contributed by atoms with Crippen molar-refractivity contribution >= 4 is 6.01 Å². The molecule has 1 aromatic heterocycles. The zero-order chi connectivity index (χ0) is 13.0. The minimum absolute atomic E-state index is 0.451. The molecule has 18 heavy (non-hydrogen) atoms. The van der Waals surface area contributed by atoms with E-state index in [-0.39, 0.29) is 0 Å². The van der Waals surface area contributed by atoms with Crippen LogP contribution in [0.15, 0.2) is 10.7 Å². The van der Waals surface area contributed by atoms with Crippen molar-refractivity contribution in [1.29, 1.82) is 0 Å². The molecule has 0 unspecified atom stereocenters. The molecule has 1 aliphatic carbocycles. The van der Waals surface area contributed by atoms with Gasteiger partial charge in [-0.3, -0.25) is 0 Å². The third kappa shape index (κ3) is 3.25. The summed E-state index contributed by atoms with van der Waals surface area (Å²) in [5.74, 6) is 0.706. The van der Waals surface area contributed by atoms with Crippen LogP contribution in [0.4, 0.5) is 6.01 Å². The fourth-order valence-corrected chi connectivity index (χ4v) is 2.57. The van der Waals surface area contributed by atoms with E-state index in [1.54, 1.807) is 6.26 Å². The lowest BCUT2D eigenvalue weighted by Gasteiger charge is -2.28. The number of anilines is 1. The van der Waals surface area contributed by atoms with Crippen molar-refractivity contribution < 1.29 is 4.42 Å². The molecule has 0 bridgehead atoms. The molecule has 4 heteroatoms. The summed E-state index contributed by atoms with van der Waals surface area (Å²) in [5, 5.41) is 0. The highest BCUT2D eigenvalue weighted by atomic mass is 16.4. The van der Waals surface area contributed by atoms with E-state index in [9.17, 15) is 0 Å². The average Bonchev–Trinajstić information content (AvgIpc) is 2.99. The molecule has 1 fully saturated rings. The standard InChI is InChI=1S/C14H25N3O/c1-11(2)7-8-17(13-5-3-4-6-13)14-16-12(9-15)10-18-14/h10-11,13H,3-9,15H2,1-2H3. The number of aromatic nitrogens is 1. The molecule has 1 heterocycles. The quantitative estimate of drug-likeness (QED) is 0.844. The van der Waals surface area contributed by atoms with Gasteiger partial charge in [0.2, 0.25) is 0 Å². The Hall–Kier alpha value is -1.03. The zero-order valence-electron chi connectivity index (χ0n) is 11.6. The molecule has 0 amide bonds. The third-order valence-corrected chi connectivity index (χ3v) is 3.71. The maximum atomic E-state index is 5.60. The molecule has 0 saturated heterocycles. The van der Waals surface area contributed by atoms with E-state index in [1.165, 1.54) is 32.1 Å². The maximum absolute atomic E-state index is 5.60. The second kappa shape index (κ2) is 6.23. The first-order chi connectivity index (χ1) is 8.70. The molecule has 4 nitrogen and oxygen atoms in total. The van der Waals surface area contributed by atoms with Gasteiger partial charge < -0.3 is 15.1 Å². The van der Waals surface area contributed by atoms with E-state index in [2.05, 4.69) is 23.7 Å². The van der Waals surface area contributed by atoms with Gasteiger partial charge in [-0.2, -0.15) is 4.98 Å². The van der Waals surface area contributed by atoms with Crippen LogP contribution in [-0.2, 0) is 6.54 Å². The zero-order valence-corrected chi connectivity index (χ0v) is 11.6. The number of nitrogens with two attached hydrogens (primary N) is 1. The second-order valence-corrected chi connectivity index (χ2v) is 5.64. The van der Waals surface area contributed by atoms with E-state index >= 15 is 0 Å². The van der Waals surface area contributed by atoms with Gasteiger partial charge in [-0.25, -0.2) is 0 Å². The van der Waals surface area contributed by atoms with Crippen molar-refractivity contribution in [3.05, 3.63) is 12.0 Å². The van der Waals surface area contributed by atoms with Gasteiger partial charge in [-0.1, -0.05) is 26.7 Å². The van der Waals surface area contributed by atoms with Crippen molar-refractivity contribution in [2.45, 2.75) is 58.5 Å². The molecule has 1 saturated carbocycles. The van der Waals surface area contributed by atoms with Crippen LogP contribution in [0.5, 0.6) is 0 Å². The Morgan fingerprint density at radius 2 is 2.17 bits per heavy atom. The Bertz CT molecular complexity index is 356. The van der Waals surface area contributed by atoms with Gasteiger partial charge in [0.05, 0.1) is 5.69 Å². The van der Waals surface area contributed by atoms with Crippen LogP contribution in [0.2, 0.25) is 0 Å². The summed E-state index contributed by atoms with van der Waals surface area (Å²) >= 11 is 0. The Kier molecular flexibility index (Phi) is 4.64. The number of hydrogen-bond acceptors (Lipinski definition) is 4. The molecular formula is C14H25N3O. The number of nitrogens with zero attached hydrogens (tertiary/aromatic N) is 2. The van der Waals surface area contributed by atoms with Gasteiger partial charge in [-0.15, -0.1) is 0 Å². The molecule has 102 valence electrons. The highest BCUT2D eigenvalue weighted by Crippen LogP contribution is 2.28. The van der Waals surface area contributed by atoms with Crippen LogP contribution < -0.4 is 10.6 Å². The monoisotopic (exact) mass is 251 g/mol. The number of rotatable bonds is 6. The molecule has 2 rings (SSSR count). The molecule has 1 aliphatic rings. The highest BCUT2D eigenvalue weighted by molar-refractivity contribution is 5.29. The smallest absolute Gasteiger partial charge is 0.297 e. The van der Waals surface area contributed by atoms with Crippen molar-refractivity contribution in [3.8, 4) is 0 Å². The molecule has 1 aromatic rings. The number of oxazole rings is 1. The summed E-state index contributed by atoms with van der Waals surface area (Å²) in [6.45, 7) is 6.00. The summed E-state index contributed by atoms with van der Waals surface area (Å²) in [7, 11) is 0. The predicted molar refractivity (Wildman–Crippen MR) is 73.5 cm³/mol.